The van der Waals surface area contributed by atoms with Gasteiger partial charge in [0.25, 0.3) is 5.91 Å². The molecule has 0 aliphatic carbocycles. The van der Waals surface area contributed by atoms with Gasteiger partial charge in [0.1, 0.15) is 0 Å². The van der Waals surface area contributed by atoms with Crippen molar-refractivity contribution >= 4 is 15.7 Å². The Kier molecular flexibility index (Phi) is 7.59. The van der Waals surface area contributed by atoms with E-state index >= 15 is 0 Å². The standard InChI is InChI=1S/C24H31NO5S/c1-4-31(27,28)21-13-10-19(11-14-21)24(26)25-16-6-5-7-20(25)12-8-18-9-15-22(29-2)23(17-18)30-3/h9-11,13-15,17,20H,4-8,12,16H2,1-3H3. The lowest BCUT2D eigenvalue weighted by Crippen LogP contribution is -2.44. The molecule has 3 rings (SSSR count). The number of rotatable bonds is 8. The predicted octanol–water partition coefficient (Wildman–Crippen LogP) is 4.12. The van der Waals surface area contributed by atoms with E-state index in [-0.39, 0.29) is 22.6 Å². The van der Waals surface area contributed by atoms with Gasteiger partial charge in [0.2, 0.25) is 0 Å². The molecule has 1 saturated heterocycles. The molecule has 1 aliphatic rings. The van der Waals surface area contributed by atoms with Crippen LogP contribution in [0.3, 0.4) is 0 Å². The highest BCUT2D eigenvalue weighted by atomic mass is 32.2. The van der Waals surface area contributed by atoms with Crippen LogP contribution in [-0.2, 0) is 16.3 Å². The number of hydrogen-bond acceptors (Lipinski definition) is 5. The molecule has 1 heterocycles. The van der Waals surface area contributed by atoms with Crippen molar-refractivity contribution in [2.45, 2.75) is 50.0 Å². The monoisotopic (exact) mass is 445 g/mol. The molecule has 0 spiro atoms. The van der Waals surface area contributed by atoms with Gasteiger partial charge in [0, 0.05) is 18.2 Å². The van der Waals surface area contributed by atoms with E-state index in [9.17, 15) is 13.2 Å². The van der Waals surface area contributed by atoms with Crippen LogP contribution in [0.25, 0.3) is 0 Å². The summed E-state index contributed by atoms with van der Waals surface area (Å²) in [6, 6.07) is 12.4. The number of likely N-dealkylation sites (tertiary alicyclic amines) is 1. The van der Waals surface area contributed by atoms with Crippen LogP contribution in [0.5, 0.6) is 11.5 Å². The Labute approximate surface area is 185 Å². The Balaban J connectivity index is 1.71. The first-order chi connectivity index (χ1) is 14.9. The minimum atomic E-state index is -3.27. The molecule has 1 amide bonds. The van der Waals surface area contributed by atoms with E-state index < -0.39 is 9.84 Å². The van der Waals surface area contributed by atoms with Gasteiger partial charge in [-0.1, -0.05) is 13.0 Å². The number of carbonyl (C=O) groups excluding carboxylic acids is 1. The Morgan fingerprint density at radius 3 is 2.39 bits per heavy atom. The average Bonchev–Trinajstić information content (AvgIpc) is 2.82. The number of aryl methyl sites for hydroxylation is 1. The van der Waals surface area contributed by atoms with Gasteiger partial charge in [-0.25, -0.2) is 8.42 Å². The molecule has 0 radical (unpaired) electrons. The molecule has 2 aromatic rings. The maximum atomic E-state index is 13.2. The minimum Gasteiger partial charge on any atom is -0.493 e. The molecule has 1 aliphatic heterocycles. The van der Waals surface area contributed by atoms with Crippen molar-refractivity contribution in [3.8, 4) is 11.5 Å². The fourth-order valence-corrected chi connectivity index (χ4v) is 4.96. The second-order valence-electron chi connectivity index (χ2n) is 7.80. The largest absolute Gasteiger partial charge is 0.493 e. The molecule has 7 heteroatoms. The number of piperidine rings is 1. The first kappa shape index (κ1) is 23.1. The third-order valence-corrected chi connectivity index (χ3v) is 7.69. The number of sulfone groups is 1. The zero-order chi connectivity index (χ0) is 22.4. The predicted molar refractivity (Wildman–Crippen MR) is 121 cm³/mol. The summed E-state index contributed by atoms with van der Waals surface area (Å²) < 4.78 is 34.8. The number of carbonyl (C=O) groups is 1. The van der Waals surface area contributed by atoms with Crippen molar-refractivity contribution in [1.29, 1.82) is 0 Å². The second kappa shape index (κ2) is 10.2. The number of hydrogen-bond donors (Lipinski definition) is 0. The summed E-state index contributed by atoms with van der Waals surface area (Å²) in [4.78, 5) is 15.4. The summed E-state index contributed by atoms with van der Waals surface area (Å²) in [6.07, 6.45) is 4.77. The topological polar surface area (TPSA) is 72.9 Å². The second-order valence-corrected chi connectivity index (χ2v) is 10.1. The van der Waals surface area contributed by atoms with Gasteiger partial charge >= 0.3 is 0 Å². The Hall–Kier alpha value is -2.54. The van der Waals surface area contributed by atoms with Crippen molar-refractivity contribution < 1.29 is 22.7 Å². The van der Waals surface area contributed by atoms with Crippen molar-refractivity contribution in [2.24, 2.45) is 0 Å². The van der Waals surface area contributed by atoms with Gasteiger partial charge in [0.05, 0.1) is 24.9 Å². The third-order valence-electron chi connectivity index (χ3n) is 5.94. The molecule has 1 fully saturated rings. The van der Waals surface area contributed by atoms with Crippen LogP contribution in [-0.4, -0.2) is 51.8 Å². The molecule has 31 heavy (non-hydrogen) atoms. The number of amides is 1. The molecule has 168 valence electrons. The van der Waals surface area contributed by atoms with E-state index in [1.165, 1.54) is 12.1 Å². The van der Waals surface area contributed by atoms with Crippen molar-refractivity contribution in [3.63, 3.8) is 0 Å². The van der Waals surface area contributed by atoms with Crippen LogP contribution in [0, 0.1) is 0 Å². The highest BCUT2D eigenvalue weighted by Crippen LogP contribution is 2.29. The first-order valence-electron chi connectivity index (χ1n) is 10.7. The molecule has 1 unspecified atom stereocenters. The number of methoxy groups -OCH3 is 2. The minimum absolute atomic E-state index is 0.0301. The molecular formula is C24H31NO5S. The fourth-order valence-electron chi connectivity index (χ4n) is 4.07. The van der Waals surface area contributed by atoms with Gasteiger partial charge in [-0.2, -0.15) is 0 Å². The van der Waals surface area contributed by atoms with Crippen LogP contribution < -0.4 is 9.47 Å². The van der Waals surface area contributed by atoms with E-state index in [0.717, 1.165) is 44.2 Å². The highest BCUT2D eigenvalue weighted by Gasteiger charge is 2.27. The van der Waals surface area contributed by atoms with E-state index in [2.05, 4.69) is 0 Å². The molecule has 2 aromatic carbocycles. The summed E-state index contributed by atoms with van der Waals surface area (Å²) in [5.41, 5.74) is 1.68. The van der Waals surface area contributed by atoms with E-state index in [1.807, 2.05) is 23.1 Å². The number of ether oxygens (including phenoxy) is 2. The molecule has 0 saturated carbocycles. The molecule has 6 nitrogen and oxygen atoms in total. The molecule has 0 aromatic heterocycles. The first-order valence-corrected chi connectivity index (χ1v) is 12.4. The van der Waals surface area contributed by atoms with Crippen molar-refractivity contribution in [3.05, 3.63) is 53.6 Å². The van der Waals surface area contributed by atoms with Crippen LogP contribution >= 0.6 is 0 Å². The Bertz CT molecular complexity index is 1000. The summed E-state index contributed by atoms with van der Waals surface area (Å²) in [5.74, 6) is 1.43. The SMILES string of the molecule is CCS(=O)(=O)c1ccc(C(=O)N2CCCCC2CCc2ccc(OC)c(OC)c2)cc1. The van der Waals surface area contributed by atoms with Gasteiger partial charge < -0.3 is 14.4 Å². The van der Waals surface area contributed by atoms with E-state index in [4.69, 9.17) is 9.47 Å². The smallest absolute Gasteiger partial charge is 0.254 e. The van der Waals surface area contributed by atoms with Crippen LogP contribution in [0.15, 0.2) is 47.4 Å². The van der Waals surface area contributed by atoms with Gasteiger partial charge in [0.15, 0.2) is 21.3 Å². The normalized spacial score (nSPS) is 16.7. The third kappa shape index (κ3) is 5.39. The van der Waals surface area contributed by atoms with E-state index in [0.29, 0.717) is 17.1 Å². The van der Waals surface area contributed by atoms with Crippen molar-refractivity contribution in [2.75, 3.05) is 26.5 Å². The number of benzene rings is 2. The highest BCUT2D eigenvalue weighted by molar-refractivity contribution is 7.91. The quantitative estimate of drug-likeness (QED) is 0.611. The average molecular weight is 446 g/mol. The van der Waals surface area contributed by atoms with Crippen LogP contribution in [0.1, 0.15) is 48.5 Å². The summed E-state index contributed by atoms with van der Waals surface area (Å²) in [5, 5.41) is 0. The maximum Gasteiger partial charge on any atom is 0.254 e. The number of nitrogens with zero attached hydrogens (tertiary/aromatic N) is 1. The van der Waals surface area contributed by atoms with E-state index in [1.54, 1.807) is 33.3 Å². The van der Waals surface area contributed by atoms with Gasteiger partial charge in [-0.3, -0.25) is 4.79 Å². The van der Waals surface area contributed by atoms with Crippen molar-refractivity contribution in [1.82, 2.24) is 4.90 Å². The lowest BCUT2D eigenvalue weighted by atomic mass is 9.95. The zero-order valence-corrected chi connectivity index (χ0v) is 19.3. The maximum absolute atomic E-state index is 13.2. The fraction of sp³-hybridized carbons (Fsp3) is 0.458. The van der Waals surface area contributed by atoms with Crippen LogP contribution in [0.4, 0.5) is 0 Å². The van der Waals surface area contributed by atoms with Crippen LogP contribution in [0.2, 0.25) is 0 Å². The zero-order valence-electron chi connectivity index (χ0n) is 18.5. The summed E-state index contributed by atoms with van der Waals surface area (Å²) in [7, 11) is -0.0270. The summed E-state index contributed by atoms with van der Waals surface area (Å²) >= 11 is 0. The molecule has 0 bridgehead atoms. The molecular weight excluding hydrogens is 414 g/mol. The lowest BCUT2D eigenvalue weighted by molar-refractivity contribution is 0.0602. The summed E-state index contributed by atoms with van der Waals surface area (Å²) in [6.45, 7) is 2.34. The van der Waals surface area contributed by atoms with Gasteiger partial charge in [-0.05, 0) is 74.1 Å². The molecule has 0 N–H and O–H groups in total. The lowest BCUT2D eigenvalue weighted by Gasteiger charge is -2.36. The Morgan fingerprint density at radius 1 is 1.03 bits per heavy atom. The molecule has 1 atom stereocenters. The Morgan fingerprint density at radius 2 is 1.74 bits per heavy atom. The van der Waals surface area contributed by atoms with Gasteiger partial charge in [-0.15, -0.1) is 0 Å².